The summed E-state index contributed by atoms with van der Waals surface area (Å²) in [6, 6.07) is 8.38. The van der Waals surface area contributed by atoms with Crippen molar-refractivity contribution in [1.82, 2.24) is 4.31 Å². The van der Waals surface area contributed by atoms with E-state index in [9.17, 15) is 8.42 Å². The number of nitrogens with zero attached hydrogens (tertiary/aromatic N) is 2. The molecule has 0 amide bonds. The molecular formula is C13H16N2O3S. The highest BCUT2D eigenvalue weighted by Gasteiger charge is 2.37. The summed E-state index contributed by atoms with van der Waals surface area (Å²) < 4.78 is 31.4. The number of rotatable bonds is 6. The normalized spacial score (nSPS) is 15.2. The quantitative estimate of drug-likeness (QED) is 0.796. The molecule has 102 valence electrons. The second-order valence-corrected chi connectivity index (χ2v) is 6.32. The molecule has 0 unspecified atom stereocenters. The van der Waals surface area contributed by atoms with E-state index in [1.54, 1.807) is 12.1 Å². The van der Waals surface area contributed by atoms with Crippen LogP contribution in [-0.2, 0) is 10.0 Å². The van der Waals surface area contributed by atoms with Crippen LogP contribution in [0.3, 0.4) is 0 Å². The van der Waals surface area contributed by atoms with Crippen molar-refractivity contribution in [1.29, 1.82) is 5.26 Å². The van der Waals surface area contributed by atoms with Gasteiger partial charge in [0.05, 0.1) is 18.1 Å². The van der Waals surface area contributed by atoms with Gasteiger partial charge < -0.3 is 4.74 Å². The van der Waals surface area contributed by atoms with Crippen LogP contribution < -0.4 is 4.74 Å². The predicted octanol–water partition coefficient (Wildman–Crippen LogP) is 1.76. The topological polar surface area (TPSA) is 70.4 Å². The number of hydrogen-bond acceptors (Lipinski definition) is 4. The van der Waals surface area contributed by atoms with Crippen LogP contribution in [0.15, 0.2) is 29.2 Å². The fraction of sp³-hybridized carbons (Fsp3) is 0.462. The molecule has 6 heteroatoms. The zero-order valence-electron chi connectivity index (χ0n) is 10.7. The first-order valence-electron chi connectivity index (χ1n) is 6.12. The van der Waals surface area contributed by atoms with Gasteiger partial charge in [0, 0.05) is 19.0 Å². The van der Waals surface area contributed by atoms with Gasteiger partial charge in [-0.3, -0.25) is 0 Å². The Morgan fingerprint density at radius 1 is 1.37 bits per heavy atom. The summed E-state index contributed by atoms with van der Waals surface area (Å²) in [6.45, 7) is 0.259. The van der Waals surface area contributed by atoms with Gasteiger partial charge in [0.15, 0.2) is 0 Å². The molecule has 1 aromatic rings. The molecule has 0 radical (unpaired) electrons. The summed E-state index contributed by atoms with van der Waals surface area (Å²) in [5.41, 5.74) is 0. The minimum absolute atomic E-state index is 0.0560. The molecule has 0 aliphatic heterocycles. The van der Waals surface area contributed by atoms with E-state index in [1.807, 2.05) is 6.07 Å². The average molecular weight is 280 g/mol. The van der Waals surface area contributed by atoms with Crippen molar-refractivity contribution in [2.75, 3.05) is 13.7 Å². The molecule has 0 spiro atoms. The third-order valence-electron chi connectivity index (χ3n) is 3.06. The average Bonchev–Trinajstić information content (AvgIpc) is 3.23. The van der Waals surface area contributed by atoms with Crippen molar-refractivity contribution in [2.24, 2.45) is 0 Å². The van der Waals surface area contributed by atoms with E-state index in [0.29, 0.717) is 5.75 Å². The van der Waals surface area contributed by atoms with Crippen LogP contribution in [-0.4, -0.2) is 32.4 Å². The molecule has 0 bridgehead atoms. The molecule has 5 nitrogen and oxygen atoms in total. The lowest BCUT2D eigenvalue weighted by molar-refractivity contribution is 0.408. The van der Waals surface area contributed by atoms with Gasteiger partial charge in [-0.05, 0) is 37.1 Å². The number of benzene rings is 1. The Labute approximate surface area is 113 Å². The molecule has 1 saturated carbocycles. The van der Waals surface area contributed by atoms with Crippen molar-refractivity contribution < 1.29 is 13.2 Å². The Hall–Kier alpha value is -1.58. The number of ether oxygens (including phenoxy) is 1. The van der Waals surface area contributed by atoms with E-state index in [-0.39, 0.29) is 23.9 Å². The molecule has 1 fully saturated rings. The van der Waals surface area contributed by atoms with Gasteiger partial charge in [0.2, 0.25) is 10.0 Å². The van der Waals surface area contributed by atoms with Gasteiger partial charge in [0.1, 0.15) is 5.75 Å². The molecular weight excluding hydrogens is 264 g/mol. The van der Waals surface area contributed by atoms with Gasteiger partial charge in [0.25, 0.3) is 0 Å². The number of sulfonamides is 1. The summed E-state index contributed by atoms with van der Waals surface area (Å²) in [6.07, 6.45) is 1.97. The Kier molecular flexibility index (Phi) is 4.08. The van der Waals surface area contributed by atoms with E-state index in [2.05, 4.69) is 0 Å². The molecule has 1 aromatic carbocycles. The van der Waals surface area contributed by atoms with Crippen molar-refractivity contribution in [3.05, 3.63) is 24.3 Å². The second kappa shape index (κ2) is 5.59. The van der Waals surface area contributed by atoms with E-state index >= 15 is 0 Å². The highest BCUT2D eigenvalue weighted by Crippen LogP contribution is 2.32. The Balaban J connectivity index is 2.25. The first-order chi connectivity index (χ1) is 9.09. The highest BCUT2D eigenvalue weighted by atomic mass is 32.2. The minimum atomic E-state index is -3.51. The second-order valence-electron chi connectivity index (χ2n) is 4.43. The van der Waals surface area contributed by atoms with Gasteiger partial charge >= 0.3 is 0 Å². The monoisotopic (exact) mass is 280 g/mol. The Morgan fingerprint density at radius 2 is 2.00 bits per heavy atom. The van der Waals surface area contributed by atoms with Gasteiger partial charge in [-0.1, -0.05) is 0 Å². The van der Waals surface area contributed by atoms with E-state index in [4.69, 9.17) is 10.00 Å². The van der Waals surface area contributed by atoms with Crippen LogP contribution in [0.5, 0.6) is 5.75 Å². The Bertz CT molecular complexity index is 571. The largest absolute Gasteiger partial charge is 0.497 e. The number of nitriles is 1. The maximum atomic E-state index is 12.5. The fourth-order valence-corrected chi connectivity index (χ4v) is 3.59. The first-order valence-corrected chi connectivity index (χ1v) is 7.56. The third-order valence-corrected chi connectivity index (χ3v) is 5.03. The molecule has 19 heavy (non-hydrogen) atoms. The summed E-state index contributed by atoms with van der Waals surface area (Å²) >= 11 is 0. The smallest absolute Gasteiger partial charge is 0.243 e. The van der Waals surface area contributed by atoms with E-state index in [0.717, 1.165) is 12.8 Å². The minimum Gasteiger partial charge on any atom is -0.497 e. The highest BCUT2D eigenvalue weighted by molar-refractivity contribution is 7.89. The molecule has 2 rings (SSSR count). The van der Waals surface area contributed by atoms with Crippen LogP contribution in [0.2, 0.25) is 0 Å². The van der Waals surface area contributed by atoms with Crippen LogP contribution in [0, 0.1) is 11.3 Å². The van der Waals surface area contributed by atoms with Crippen molar-refractivity contribution in [3.63, 3.8) is 0 Å². The maximum Gasteiger partial charge on any atom is 0.243 e. The van der Waals surface area contributed by atoms with Gasteiger partial charge in [-0.15, -0.1) is 0 Å². The predicted molar refractivity (Wildman–Crippen MR) is 70.1 cm³/mol. The van der Waals surface area contributed by atoms with Crippen LogP contribution in [0.25, 0.3) is 0 Å². The van der Waals surface area contributed by atoms with Gasteiger partial charge in [-0.25, -0.2) is 8.42 Å². The van der Waals surface area contributed by atoms with Crippen LogP contribution >= 0.6 is 0 Å². The van der Waals surface area contributed by atoms with E-state index < -0.39 is 10.0 Å². The third kappa shape index (κ3) is 3.06. The SMILES string of the molecule is COc1ccc(S(=O)(=O)N(CCC#N)C2CC2)cc1. The molecule has 0 aromatic heterocycles. The van der Waals surface area contributed by atoms with Gasteiger partial charge in [-0.2, -0.15) is 9.57 Å². The summed E-state index contributed by atoms with van der Waals surface area (Å²) in [7, 11) is -1.97. The lowest BCUT2D eigenvalue weighted by Crippen LogP contribution is -2.33. The fourth-order valence-electron chi connectivity index (χ4n) is 1.90. The van der Waals surface area contributed by atoms with E-state index in [1.165, 1.54) is 23.5 Å². The van der Waals surface area contributed by atoms with Crippen LogP contribution in [0.4, 0.5) is 0 Å². The zero-order valence-corrected chi connectivity index (χ0v) is 11.6. The first kappa shape index (κ1) is 13.8. The summed E-state index contributed by atoms with van der Waals surface area (Å²) in [5, 5.41) is 8.63. The molecule has 0 N–H and O–H groups in total. The van der Waals surface area contributed by atoms with Crippen molar-refractivity contribution >= 4 is 10.0 Å². The lowest BCUT2D eigenvalue weighted by Gasteiger charge is -2.20. The summed E-state index contributed by atoms with van der Waals surface area (Å²) in [5.74, 6) is 0.619. The van der Waals surface area contributed by atoms with Crippen molar-refractivity contribution in [2.45, 2.75) is 30.2 Å². The summed E-state index contributed by atoms with van der Waals surface area (Å²) in [4.78, 5) is 0.248. The Morgan fingerprint density at radius 3 is 2.47 bits per heavy atom. The standard InChI is InChI=1S/C13H16N2O3S/c1-18-12-5-7-13(8-6-12)19(16,17)15(10-2-9-14)11-3-4-11/h5-8,11H,2-4,10H2,1H3. The van der Waals surface area contributed by atoms with Crippen molar-refractivity contribution in [3.8, 4) is 11.8 Å². The van der Waals surface area contributed by atoms with Crippen LogP contribution in [0.1, 0.15) is 19.3 Å². The molecule has 0 saturated heterocycles. The molecule has 1 aliphatic carbocycles. The lowest BCUT2D eigenvalue weighted by atomic mass is 10.3. The zero-order chi connectivity index (χ0) is 13.9. The molecule has 0 heterocycles. The number of methoxy groups -OCH3 is 1. The number of hydrogen-bond donors (Lipinski definition) is 0. The molecule has 1 aliphatic rings. The maximum absolute atomic E-state index is 12.5. The molecule has 0 atom stereocenters.